The van der Waals surface area contributed by atoms with Gasteiger partial charge in [-0.15, -0.1) is 0 Å². The van der Waals surface area contributed by atoms with Crippen LogP contribution in [0, 0.1) is 46.8 Å². The minimum Gasteiger partial charge on any atom is -0.462 e. The zero-order valence-electron chi connectivity index (χ0n) is 29.7. The summed E-state index contributed by atoms with van der Waals surface area (Å²) in [4.78, 5) is 16.4. The monoisotopic (exact) mass is 616 g/mol. The molecule has 0 saturated heterocycles. The molecular formula is C42H65NO2. The van der Waals surface area contributed by atoms with Gasteiger partial charge in [0.1, 0.15) is 6.10 Å². The maximum Gasteiger partial charge on any atom is 0.306 e. The van der Waals surface area contributed by atoms with E-state index in [4.69, 9.17) is 4.74 Å². The Labute approximate surface area is 275 Å². The minimum atomic E-state index is -0.0107. The summed E-state index contributed by atoms with van der Waals surface area (Å²) in [6.45, 7) is 14.8. The first-order chi connectivity index (χ1) is 21.7. The van der Waals surface area contributed by atoms with Crippen molar-refractivity contribution in [3.8, 4) is 0 Å². The average Bonchev–Trinajstić information content (AvgIpc) is 3.60. The van der Waals surface area contributed by atoms with Crippen molar-refractivity contribution in [2.24, 2.45) is 46.8 Å². The number of ether oxygens (including phenoxy) is 1. The lowest BCUT2D eigenvalue weighted by molar-refractivity contribution is -0.149. The minimum absolute atomic E-state index is 0.0107. The van der Waals surface area contributed by atoms with Crippen LogP contribution < -0.4 is 0 Å². The van der Waals surface area contributed by atoms with E-state index in [0.29, 0.717) is 11.8 Å². The number of benzene rings is 1. The van der Waals surface area contributed by atoms with Crippen molar-refractivity contribution in [2.75, 3.05) is 0 Å². The average molecular weight is 616 g/mol. The standard InChI is InChI=1S/C42H65NO2/c1-7-9-14-35(45-41(44)17-12-13-34-28-43-40-16-11-10-15-37(34)40)27-31-19-21-36-33(26-31)24-25-42(6)38(22-23-39(36)42)30(5)18-20-32(8-2)29(3)4/h10-11,15-16,19,28-30,32-33,35-36,38-39,43H,7-9,12-14,17-18,20-27H2,1-6H3/t30-,32-,33-,35+,36-,38-,39+,42-/m1/s1. The fraction of sp³-hybridized carbons (Fsp3) is 0.738. The van der Waals surface area contributed by atoms with Gasteiger partial charge in [0, 0.05) is 29.9 Å². The number of esters is 1. The molecule has 0 spiro atoms. The van der Waals surface area contributed by atoms with E-state index in [-0.39, 0.29) is 12.1 Å². The largest absolute Gasteiger partial charge is 0.462 e. The number of fused-ring (bicyclic) bond motifs is 4. The number of unbranched alkanes of at least 4 members (excludes halogenated alkanes) is 1. The fourth-order valence-electron chi connectivity index (χ4n) is 10.5. The second-order valence-electron chi connectivity index (χ2n) is 16.2. The molecule has 1 heterocycles. The number of aromatic amines is 1. The summed E-state index contributed by atoms with van der Waals surface area (Å²) in [5, 5.41) is 1.27. The molecule has 0 bridgehead atoms. The predicted molar refractivity (Wildman–Crippen MR) is 190 cm³/mol. The third kappa shape index (κ3) is 8.10. The molecule has 1 N–H and O–H groups in total. The molecule has 0 unspecified atom stereocenters. The molecule has 8 atom stereocenters. The van der Waals surface area contributed by atoms with Crippen molar-refractivity contribution in [2.45, 2.75) is 150 Å². The maximum atomic E-state index is 13.0. The Morgan fingerprint density at radius 1 is 1.04 bits per heavy atom. The Balaban J connectivity index is 1.13. The molecule has 3 heteroatoms. The van der Waals surface area contributed by atoms with Crippen LogP contribution in [0.5, 0.6) is 0 Å². The van der Waals surface area contributed by atoms with Crippen molar-refractivity contribution in [1.82, 2.24) is 4.98 Å². The highest BCUT2D eigenvalue weighted by molar-refractivity contribution is 5.83. The lowest BCUT2D eigenvalue weighted by Crippen LogP contribution is -2.43. The second kappa shape index (κ2) is 15.7. The van der Waals surface area contributed by atoms with Crippen LogP contribution in [0.25, 0.3) is 10.9 Å². The van der Waals surface area contributed by atoms with Crippen LogP contribution in [0.2, 0.25) is 0 Å². The molecule has 3 aliphatic carbocycles. The molecule has 250 valence electrons. The number of H-pyrrole nitrogens is 1. The van der Waals surface area contributed by atoms with Crippen LogP contribution in [0.1, 0.15) is 143 Å². The number of aromatic nitrogens is 1. The topological polar surface area (TPSA) is 42.1 Å². The van der Waals surface area contributed by atoms with Gasteiger partial charge < -0.3 is 9.72 Å². The number of carbonyl (C=O) groups is 1. The Hall–Kier alpha value is -2.03. The zero-order chi connectivity index (χ0) is 32.0. The number of hydrogen-bond acceptors (Lipinski definition) is 2. The molecule has 2 fully saturated rings. The third-order valence-electron chi connectivity index (χ3n) is 13.2. The van der Waals surface area contributed by atoms with E-state index in [1.54, 1.807) is 5.57 Å². The molecule has 1 aromatic heterocycles. The van der Waals surface area contributed by atoms with E-state index >= 15 is 0 Å². The van der Waals surface area contributed by atoms with Gasteiger partial charge in [0.15, 0.2) is 0 Å². The highest BCUT2D eigenvalue weighted by Gasteiger charge is 2.54. The Morgan fingerprint density at radius 2 is 1.87 bits per heavy atom. The molecule has 2 aromatic rings. The summed E-state index contributed by atoms with van der Waals surface area (Å²) < 4.78 is 6.20. The molecule has 3 aliphatic rings. The second-order valence-corrected chi connectivity index (χ2v) is 16.2. The molecule has 2 saturated carbocycles. The van der Waals surface area contributed by atoms with Gasteiger partial charge in [-0.2, -0.15) is 0 Å². The lowest BCUT2D eigenvalue weighted by atomic mass is 9.54. The van der Waals surface area contributed by atoms with Crippen molar-refractivity contribution >= 4 is 16.9 Å². The van der Waals surface area contributed by atoms with E-state index in [0.717, 1.165) is 80.0 Å². The third-order valence-corrected chi connectivity index (χ3v) is 13.2. The summed E-state index contributed by atoms with van der Waals surface area (Å²) >= 11 is 0. The van der Waals surface area contributed by atoms with Crippen LogP contribution >= 0.6 is 0 Å². The van der Waals surface area contributed by atoms with Crippen LogP contribution in [0.4, 0.5) is 0 Å². The van der Waals surface area contributed by atoms with Gasteiger partial charge in [-0.1, -0.05) is 97.1 Å². The Bertz CT molecular complexity index is 1260. The van der Waals surface area contributed by atoms with Crippen LogP contribution in [-0.4, -0.2) is 17.1 Å². The molecular weight excluding hydrogens is 550 g/mol. The summed E-state index contributed by atoms with van der Waals surface area (Å²) in [6, 6.07) is 8.42. The van der Waals surface area contributed by atoms with Crippen molar-refractivity contribution in [3.05, 3.63) is 47.7 Å². The maximum absolute atomic E-state index is 13.0. The molecule has 1 aromatic carbocycles. The van der Waals surface area contributed by atoms with E-state index in [2.05, 4.69) is 83.1 Å². The van der Waals surface area contributed by atoms with Crippen molar-refractivity contribution in [3.63, 3.8) is 0 Å². The van der Waals surface area contributed by atoms with Crippen molar-refractivity contribution in [1.29, 1.82) is 0 Å². The highest BCUT2D eigenvalue weighted by Crippen LogP contribution is 2.63. The van der Waals surface area contributed by atoms with Crippen LogP contribution in [0.3, 0.4) is 0 Å². The summed E-state index contributed by atoms with van der Waals surface area (Å²) in [6.07, 6.45) is 23.6. The summed E-state index contributed by atoms with van der Waals surface area (Å²) in [7, 11) is 0. The quantitative estimate of drug-likeness (QED) is 0.151. The number of rotatable bonds is 16. The van der Waals surface area contributed by atoms with E-state index in [1.807, 2.05) is 0 Å². The van der Waals surface area contributed by atoms with Gasteiger partial charge in [-0.3, -0.25) is 4.79 Å². The molecule has 3 nitrogen and oxygen atoms in total. The van der Waals surface area contributed by atoms with Gasteiger partial charge in [-0.05, 0) is 123 Å². The molecule has 45 heavy (non-hydrogen) atoms. The number of para-hydroxylation sites is 1. The lowest BCUT2D eigenvalue weighted by Gasteiger charge is -2.51. The van der Waals surface area contributed by atoms with Gasteiger partial charge in [-0.25, -0.2) is 0 Å². The number of carbonyl (C=O) groups excluding carboxylic acids is 1. The van der Waals surface area contributed by atoms with Gasteiger partial charge >= 0.3 is 5.97 Å². The molecule has 0 aliphatic heterocycles. The zero-order valence-corrected chi connectivity index (χ0v) is 29.7. The first kappa shape index (κ1) is 34.3. The van der Waals surface area contributed by atoms with E-state index in [9.17, 15) is 4.79 Å². The van der Waals surface area contributed by atoms with Crippen molar-refractivity contribution < 1.29 is 9.53 Å². The number of allylic oxidation sites excluding steroid dienone is 1. The molecule has 0 radical (unpaired) electrons. The normalized spacial score (nSPS) is 28.4. The van der Waals surface area contributed by atoms with E-state index < -0.39 is 0 Å². The van der Waals surface area contributed by atoms with Gasteiger partial charge in [0.2, 0.25) is 0 Å². The van der Waals surface area contributed by atoms with E-state index in [1.165, 1.54) is 74.3 Å². The Kier molecular flexibility index (Phi) is 12.0. The number of aryl methyl sites for hydroxylation is 1. The first-order valence-electron chi connectivity index (χ1n) is 19.2. The van der Waals surface area contributed by atoms with Gasteiger partial charge in [0.25, 0.3) is 0 Å². The number of hydrogen-bond donors (Lipinski definition) is 1. The molecule has 5 rings (SSSR count). The summed E-state index contributed by atoms with van der Waals surface area (Å²) in [5.41, 5.74) is 4.59. The fourth-order valence-corrected chi connectivity index (χ4v) is 10.5. The smallest absolute Gasteiger partial charge is 0.306 e. The van der Waals surface area contributed by atoms with Crippen LogP contribution in [0.15, 0.2) is 42.1 Å². The van der Waals surface area contributed by atoms with Gasteiger partial charge in [0.05, 0.1) is 0 Å². The molecule has 0 amide bonds. The first-order valence-corrected chi connectivity index (χ1v) is 19.2. The SMILES string of the molecule is CCCC[C@@H](CC1=CC[C@@H]2[C@H](CC[C@]3(C)[C@@H]([C@H](C)CC[C@@H](CC)C(C)C)CC[C@@H]23)C1)OC(=O)CCCc1c[nH]c2ccccc12. The predicted octanol–water partition coefficient (Wildman–Crippen LogP) is 11.9. The Morgan fingerprint density at radius 3 is 2.64 bits per heavy atom. The summed E-state index contributed by atoms with van der Waals surface area (Å²) in [5.74, 6) is 6.06. The number of nitrogens with one attached hydrogen (secondary N) is 1. The van der Waals surface area contributed by atoms with Crippen LogP contribution in [-0.2, 0) is 16.0 Å². The highest BCUT2D eigenvalue weighted by atomic mass is 16.5.